The average molecular weight is 331 g/mol. The molecule has 4 heteroatoms. The van der Waals surface area contributed by atoms with Gasteiger partial charge in [-0.2, -0.15) is 0 Å². The minimum absolute atomic E-state index is 0.261. The summed E-state index contributed by atoms with van der Waals surface area (Å²) < 4.78 is 5.15. The van der Waals surface area contributed by atoms with Crippen LogP contribution in [0.15, 0.2) is 59.5 Å². The van der Waals surface area contributed by atoms with Gasteiger partial charge in [-0.05, 0) is 47.3 Å². The van der Waals surface area contributed by atoms with Crippen LogP contribution in [0.25, 0.3) is 10.8 Å². The number of fused-ring (bicyclic) bond motifs is 1. The van der Waals surface area contributed by atoms with Crippen molar-refractivity contribution < 1.29 is 9.84 Å². The molecule has 0 aromatic heterocycles. The molecule has 0 aliphatic heterocycles. The summed E-state index contributed by atoms with van der Waals surface area (Å²) in [5.74, 6) is 1.95. The molecule has 0 fully saturated rings. The van der Waals surface area contributed by atoms with Gasteiger partial charge in [-0.1, -0.05) is 29.8 Å². The number of methoxy groups -OCH3 is 1. The molecule has 0 aliphatic rings. The summed E-state index contributed by atoms with van der Waals surface area (Å²) in [6, 6.07) is 17.4. The van der Waals surface area contributed by atoms with Crippen LogP contribution in [0.2, 0.25) is 5.02 Å². The highest BCUT2D eigenvalue weighted by Crippen LogP contribution is 2.34. The molecule has 22 heavy (non-hydrogen) atoms. The zero-order valence-electron chi connectivity index (χ0n) is 12.0. The van der Waals surface area contributed by atoms with Crippen LogP contribution in [0.5, 0.6) is 11.5 Å². The number of halogens is 1. The Balaban J connectivity index is 1.80. The summed E-state index contributed by atoms with van der Waals surface area (Å²) in [4.78, 5) is 1.03. The van der Waals surface area contributed by atoms with Crippen LogP contribution in [-0.4, -0.2) is 12.2 Å². The Morgan fingerprint density at radius 3 is 2.55 bits per heavy atom. The van der Waals surface area contributed by atoms with E-state index in [-0.39, 0.29) is 5.75 Å². The van der Waals surface area contributed by atoms with E-state index in [1.54, 1.807) is 31.0 Å². The topological polar surface area (TPSA) is 29.5 Å². The van der Waals surface area contributed by atoms with E-state index in [4.69, 9.17) is 16.3 Å². The first kappa shape index (κ1) is 15.1. The fraction of sp³-hybridized carbons (Fsp3) is 0.111. The van der Waals surface area contributed by atoms with E-state index in [0.29, 0.717) is 5.02 Å². The van der Waals surface area contributed by atoms with E-state index in [1.807, 2.05) is 36.4 Å². The quantitative estimate of drug-likeness (QED) is 0.640. The Kier molecular flexibility index (Phi) is 4.46. The molecule has 0 heterocycles. The molecular formula is C18H15ClO2S. The van der Waals surface area contributed by atoms with Crippen molar-refractivity contribution in [1.82, 2.24) is 0 Å². The number of ether oxygens (including phenoxy) is 1. The molecule has 0 aliphatic carbocycles. The highest BCUT2D eigenvalue weighted by atomic mass is 35.5. The first-order valence-corrected chi connectivity index (χ1v) is 8.20. The van der Waals surface area contributed by atoms with Crippen LogP contribution >= 0.6 is 23.4 Å². The molecule has 0 saturated heterocycles. The zero-order valence-corrected chi connectivity index (χ0v) is 13.6. The lowest BCUT2D eigenvalue weighted by Gasteiger charge is -2.07. The van der Waals surface area contributed by atoms with Gasteiger partial charge in [0, 0.05) is 21.1 Å². The van der Waals surface area contributed by atoms with E-state index in [1.165, 1.54) is 5.56 Å². The maximum atomic E-state index is 10.2. The molecule has 3 rings (SSSR count). The number of aromatic hydroxyl groups is 1. The third kappa shape index (κ3) is 3.32. The van der Waals surface area contributed by atoms with E-state index >= 15 is 0 Å². The van der Waals surface area contributed by atoms with E-state index in [9.17, 15) is 5.11 Å². The first-order chi connectivity index (χ1) is 10.7. The lowest BCUT2D eigenvalue weighted by Crippen LogP contribution is -1.85. The number of benzene rings is 3. The Hall–Kier alpha value is -1.84. The molecule has 0 unspecified atom stereocenters. The number of phenolic OH excluding ortho intramolecular Hbond substituents is 1. The number of thioether (sulfide) groups is 1. The zero-order chi connectivity index (χ0) is 15.5. The second kappa shape index (κ2) is 6.51. The van der Waals surface area contributed by atoms with Gasteiger partial charge in [0.15, 0.2) is 0 Å². The highest BCUT2D eigenvalue weighted by Gasteiger charge is 2.05. The monoisotopic (exact) mass is 330 g/mol. The number of hydrogen-bond acceptors (Lipinski definition) is 3. The minimum Gasteiger partial charge on any atom is -0.507 e. The van der Waals surface area contributed by atoms with Crippen LogP contribution < -0.4 is 4.74 Å². The highest BCUT2D eigenvalue weighted by molar-refractivity contribution is 7.98. The maximum Gasteiger partial charge on any atom is 0.124 e. The Morgan fingerprint density at radius 2 is 1.82 bits per heavy atom. The lowest BCUT2D eigenvalue weighted by molar-refractivity contribution is 0.414. The summed E-state index contributed by atoms with van der Waals surface area (Å²) >= 11 is 7.66. The van der Waals surface area contributed by atoms with Gasteiger partial charge < -0.3 is 9.84 Å². The normalized spacial score (nSPS) is 10.8. The van der Waals surface area contributed by atoms with E-state index in [2.05, 4.69) is 6.07 Å². The van der Waals surface area contributed by atoms with Gasteiger partial charge in [0.05, 0.1) is 7.11 Å². The van der Waals surface area contributed by atoms with Crippen LogP contribution in [0.3, 0.4) is 0 Å². The molecule has 0 radical (unpaired) electrons. The van der Waals surface area contributed by atoms with Crippen molar-refractivity contribution in [2.24, 2.45) is 0 Å². The molecule has 0 saturated carbocycles. The smallest absolute Gasteiger partial charge is 0.124 e. The van der Waals surface area contributed by atoms with Crippen molar-refractivity contribution in [3.05, 3.63) is 65.2 Å². The third-order valence-corrected chi connectivity index (χ3v) is 4.71. The molecule has 0 amide bonds. The molecule has 3 aromatic carbocycles. The van der Waals surface area contributed by atoms with Gasteiger partial charge in [0.2, 0.25) is 0 Å². The van der Waals surface area contributed by atoms with Gasteiger partial charge in [-0.25, -0.2) is 0 Å². The third-order valence-electron chi connectivity index (χ3n) is 3.43. The van der Waals surface area contributed by atoms with Gasteiger partial charge in [0.1, 0.15) is 11.5 Å². The van der Waals surface area contributed by atoms with E-state index < -0.39 is 0 Å². The van der Waals surface area contributed by atoms with Crippen molar-refractivity contribution in [1.29, 1.82) is 0 Å². The second-order valence-electron chi connectivity index (χ2n) is 4.94. The van der Waals surface area contributed by atoms with Gasteiger partial charge >= 0.3 is 0 Å². The molecule has 112 valence electrons. The van der Waals surface area contributed by atoms with Crippen LogP contribution in [0.1, 0.15) is 5.56 Å². The van der Waals surface area contributed by atoms with Crippen molar-refractivity contribution >= 4 is 34.1 Å². The standard InChI is InChI=1S/C18H15ClO2S/c1-21-15-6-2-12(3-7-15)11-22-16-8-13-4-5-14(19)9-17(13)18(20)10-16/h2-10,20H,11H2,1H3. The lowest BCUT2D eigenvalue weighted by atomic mass is 10.1. The number of rotatable bonds is 4. The van der Waals surface area contributed by atoms with Gasteiger partial charge in [0.25, 0.3) is 0 Å². The molecule has 3 aromatic rings. The predicted molar refractivity (Wildman–Crippen MR) is 93.2 cm³/mol. The second-order valence-corrected chi connectivity index (χ2v) is 6.43. The Morgan fingerprint density at radius 1 is 1.05 bits per heavy atom. The van der Waals surface area contributed by atoms with Crippen LogP contribution in [0, 0.1) is 0 Å². The largest absolute Gasteiger partial charge is 0.507 e. The molecule has 0 atom stereocenters. The molecule has 1 N–H and O–H groups in total. The SMILES string of the molecule is COc1ccc(CSc2cc(O)c3cc(Cl)ccc3c2)cc1. The van der Waals surface area contributed by atoms with Crippen molar-refractivity contribution in [2.45, 2.75) is 10.6 Å². The van der Waals surface area contributed by atoms with Crippen LogP contribution in [-0.2, 0) is 5.75 Å². The van der Waals surface area contributed by atoms with Crippen molar-refractivity contribution in [3.8, 4) is 11.5 Å². The molecule has 0 spiro atoms. The summed E-state index contributed by atoms with van der Waals surface area (Å²) in [5, 5.41) is 12.5. The summed E-state index contributed by atoms with van der Waals surface area (Å²) in [6.07, 6.45) is 0. The fourth-order valence-electron chi connectivity index (χ4n) is 2.26. The first-order valence-electron chi connectivity index (χ1n) is 6.84. The number of hydrogen-bond donors (Lipinski definition) is 1. The molecule has 2 nitrogen and oxygen atoms in total. The fourth-order valence-corrected chi connectivity index (χ4v) is 3.36. The predicted octanol–water partition coefficient (Wildman–Crippen LogP) is 5.50. The van der Waals surface area contributed by atoms with E-state index in [0.717, 1.165) is 27.2 Å². The summed E-state index contributed by atoms with van der Waals surface area (Å²) in [5.41, 5.74) is 1.21. The summed E-state index contributed by atoms with van der Waals surface area (Å²) in [7, 11) is 1.66. The van der Waals surface area contributed by atoms with Crippen molar-refractivity contribution in [3.63, 3.8) is 0 Å². The summed E-state index contributed by atoms with van der Waals surface area (Å²) in [6.45, 7) is 0. The number of phenols is 1. The Labute approximate surface area is 138 Å². The molecular weight excluding hydrogens is 316 g/mol. The van der Waals surface area contributed by atoms with Crippen LogP contribution in [0.4, 0.5) is 0 Å². The maximum absolute atomic E-state index is 10.2. The van der Waals surface area contributed by atoms with Gasteiger partial charge in [-0.15, -0.1) is 11.8 Å². The average Bonchev–Trinajstić information content (AvgIpc) is 2.54. The Bertz CT molecular complexity index is 800. The molecule has 0 bridgehead atoms. The minimum atomic E-state index is 0.261. The van der Waals surface area contributed by atoms with Gasteiger partial charge in [-0.3, -0.25) is 0 Å². The van der Waals surface area contributed by atoms with Crippen molar-refractivity contribution in [2.75, 3.05) is 7.11 Å².